The van der Waals surface area contributed by atoms with Gasteiger partial charge in [-0.25, -0.2) is 9.18 Å². The molecule has 5 nitrogen and oxygen atoms in total. The summed E-state index contributed by atoms with van der Waals surface area (Å²) < 4.78 is 13.6. The number of benzene rings is 1. The Bertz CT molecular complexity index is 823. The molecule has 1 saturated heterocycles. The van der Waals surface area contributed by atoms with Gasteiger partial charge in [0.05, 0.1) is 0 Å². The Morgan fingerprint density at radius 3 is 2.81 bits per heavy atom. The molecule has 2 aliphatic rings. The summed E-state index contributed by atoms with van der Waals surface area (Å²) in [6, 6.07) is 5.08. The zero-order valence-corrected chi connectivity index (χ0v) is 16.2. The van der Waals surface area contributed by atoms with Crippen molar-refractivity contribution in [2.24, 2.45) is 5.92 Å². The molecule has 0 spiro atoms. The van der Waals surface area contributed by atoms with Gasteiger partial charge in [-0.15, -0.1) is 0 Å². The van der Waals surface area contributed by atoms with Crippen LogP contribution in [0.15, 0.2) is 18.2 Å². The summed E-state index contributed by atoms with van der Waals surface area (Å²) in [6.07, 6.45) is 2.80. The average molecular weight is 372 g/mol. The van der Waals surface area contributed by atoms with Crippen molar-refractivity contribution >= 4 is 16.9 Å². The van der Waals surface area contributed by atoms with Gasteiger partial charge in [-0.1, -0.05) is 13.8 Å². The number of nitrogens with zero attached hydrogens (tertiary/aromatic N) is 2. The van der Waals surface area contributed by atoms with Gasteiger partial charge in [-0.3, -0.25) is 0 Å². The van der Waals surface area contributed by atoms with E-state index in [0.717, 1.165) is 61.1 Å². The topological polar surface area (TPSA) is 51.4 Å². The highest BCUT2D eigenvalue weighted by Gasteiger charge is 2.27. The van der Waals surface area contributed by atoms with Gasteiger partial charge >= 0.3 is 6.03 Å². The Balaban J connectivity index is 1.37. The van der Waals surface area contributed by atoms with Crippen LogP contribution in [0.4, 0.5) is 9.18 Å². The van der Waals surface area contributed by atoms with E-state index in [1.54, 1.807) is 12.1 Å². The van der Waals surface area contributed by atoms with Gasteiger partial charge in [0.25, 0.3) is 0 Å². The lowest BCUT2D eigenvalue weighted by molar-refractivity contribution is 0.161. The molecule has 1 fully saturated rings. The quantitative estimate of drug-likeness (QED) is 0.866. The van der Waals surface area contributed by atoms with Crippen molar-refractivity contribution in [2.45, 2.75) is 45.7 Å². The van der Waals surface area contributed by atoms with Crippen molar-refractivity contribution in [3.63, 3.8) is 0 Å². The molecule has 146 valence electrons. The predicted molar refractivity (Wildman–Crippen MR) is 105 cm³/mol. The van der Waals surface area contributed by atoms with Gasteiger partial charge in [0.2, 0.25) is 0 Å². The normalized spacial score (nSPS) is 18.9. The molecule has 1 aromatic heterocycles. The minimum absolute atomic E-state index is 0.00807. The maximum absolute atomic E-state index is 13.6. The largest absolute Gasteiger partial charge is 0.358 e. The molecule has 2 N–H and O–H groups in total. The third-order valence-corrected chi connectivity index (χ3v) is 5.76. The third kappa shape index (κ3) is 3.95. The van der Waals surface area contributed by atoms with E-state index in [9.17, 15) is 9.18 Å². The summed E-state index contributed by atoms with van der Waals surface area (Å²) in [7, 11) is 0. The number of H-pyrrole nitrogens is 1. The zero-order chi connectivity index (χ0) is 19.0. The summed E-state index contributed by atoms with van der Waals surface area (Å²) in [4.78, 5) is 20.5. The van der Waals surface area contributed by atoms with E-state index >= 15 is 0 Å². The maximum Gasteiger partial charge on any atom is 0.317 e. The number of halogens is 1. The van der Waals surface area contributed by atoms with Crippen molar-refractivity contribution < 1.29 is 9.18 Å². The summed E-state index contributed by atoms with van der Waals surface area (Å²) in [5.41, 5.74) is 3.13. The molecule has 0 saturated carbocycles. The Hall–Kier alpha value is -2.08. The number of hydrogen-bond donors (Lipinski definition) is 2. The number of urea groups is 1. The van der Waals surface area contributed by atoms with E-state index < -0.39 is 0 Å². The highest BCUT2D eigenvalue weighted by atomic mass is 19.1. The van der Waals surface area contributed by atoms with Gasteiger partial charge in [0.1, 0.15) is 5.82 Å². The lowest BCUT2D eigenvalue weighted by Crippen LogP contribution is -2.50. The standard InChI is InChI=1S/C21H29FN4O/c1-14(2)12-25-8-5-16(6-9-25)23-21(27)26-10-7-20-18(13-26)17-11-15(22)3-4-19(17)24-20/h3-4,11,14,16,24H,5-10,12-13H2,1-2H3,(H,23,27). The van der Waals surface area contributed by atoms with Gasteiger partial charge < -0.3 is 20.1 Å². The molecule has 0 unspecified atom stereocenters. The third-order valence-electron chi connectivity index (χ3n) is 5.76. The van der Waals surface area contributed by atoms with Gasteiger partial charge in [0.15, 0.2) is 0 Å². The molecule has 0 aliphatic carbocycles. The molecule has 3 heterocycles. The first-order valence-corrected chi connectivity index (χ1v) is 10.1. The lowest BCUT2D eigenvalue weighted by atomic mass is 10.0. The highest BCUT2D eigenvalue weighted by molar-refractivity contribution is 5.86. The van der Waals surface area contributed by atoms with Crippen molar-refractivity contribution in [3.05, 3.63) is 35.3 Å². The van der Waals surface area contributed by atoms with E-state index in [1.807, 2.05) is 4.90 Å². The number of aromatic amines is 1. The summed E-state index contributed by atoms with van der Waals surface area (Å²) in [6.45, 7) is 8.96. The average Bonchev–Trinajstić information content (AvgIpc) is 3.00. The number of hydrogen-bond acceptors (Lipinski definition) is 2. The molecule has 6 heteroatoms. The van der Waals surface area contributed by atoms with E-state index in [-0.39, 0.29) is 17.9 Å². The second-order valence-corrected chi connectivity index (χ2v) is 8.36. The molecule has 4 rings (SSSR count). The molecule has 2 aliphatic heterocycles. The molecule has 0 bridgehead atoms. The first-order chi connectivity index (χ1) is 13.0. The summed E-state index contributed by atoms with van der Waals surface area (Å²) in [5.74, 6) is 0.443. The first-order valence-electron chi connectivity index (χ1n) is 10.1. The van der Waals surface area contributed by atoms with Crippen molar-refractivity contribution in [1.82, 2.24) is 20.1 Å². The van der Waals surface area contributed by atoms with Crippen molar-refractivity contribution in [3.8, 4) is 0 Å². The molecule has 2 amide bonds. The van der Waals surface area contributed by atoms with Crippen LogP contribution >= 0.6 is 0 Å². The van der Waals surface area contributed by atoms with Crippen LogP contribution in [0.25, 0.3) is 10.9 Å². The van der Waals surface area contributed by atoms with E-state index in [0.29, 0.717) is 19.0 Å². The number of aromatic nitrogens is 1. The second kappa shape index (κ2) is 7.50. The lowest BCUT2D eigenvalue weighted by Gasteiger charge is -2.35. The van der Waals surface area contributed by atoms with Crippen LogP contribution in [0.2, 0.25) is 0 Å². The Labute approximate surface area is 159 Å². The molecule has 0 atom stereocenters. The van der Waals surface area contributed by atoms with Crippen LogP contribution in [0.5, 0.6) is 0 Å². The van der Waals surface area contributed by atoms with Crippen LogP contribution in [-0.4, -0.2) is 53.0 Å². The summed E-state index contributed by atoms with van der Waals surface area (Å²) in [5, 5.41) is 4.11. The number of piperidine rings is 1. The maximum atomic E-state index is 13.6. The molecule has 0 radical (unpaired) electrons. The van der Waals surface area contributed by atoms with Crippen LogP contribution in [0, 0.1) is 11.7 Å². The molecular weight excluding hydrogens is 343 g/mol. The fourth-order valence-corrected chi connectivity index (χ4v) is 4.40. The van der Waals surface area contributed by atoms with E-state index in [4.69, 9.17) is 0 Å². The monoisotopic (exact) mass is 372 g/mol. The number of amides is 2. The van der Waals surface area contributed by atoms with Gasteiger partial charge in [-0.2, -0.15) is 0 Å². The minimum atomic E-state index is -0.237. The molecule has 1 aromatic carbocycles. The van der Waals surface area contributed by atoms with Crippen molar-refractivity contribution in [1.29, 1.82) is 0 Å². The van der Waals surface area contributed by atoms with Crippen LogP contribution in [0.1, 0.15) is 37.9 Å². The number of nitrogens with one attached hydrogen (secondary N) is 2. The fourth-order valence-electron chi connectivity index (χ4n) is 4.40. The van der Waals surface area contributed by atoms with Gasteiger partial charge in [0, 0.05) is 67.3 Å². The van der Waals surface area contributed by atoms with Gasteiger partial charge in [-0.05, 0) is 37.0 Å². The van der Waals surface area contributed by atoms with E-state index in [1.165, 1.54) is 6.07 Å². The fraction of sp³-hybridized carbons (Fsp3) is 0.571. The number of fused-ring (bicyclic) bond motifs is 3. The second-order valence-electron chi connectivity index (χ2n) is 8.36. The van der Waals surface area contributed by atoms with Crippen LogP contribution < -0.4 is 5.32 Å². The number of rotatable bonds is 3. The molecule has 2 aromatic rings. The Morgan fingerprint density at radius 2 is 2.07 bits per heavy atom. The number of carbonyl (C=O) groups is 1. The van der Waals surface area contributed by atoms with E-state index in [2.05, 4.69) is 29.0 Å². The number of likely N-dealkylation sites (tertiary alicyclic amines) is 1. The zero-order valence-electron chi connectivity index (χ0n) is 16.2. The SMILES string of the molecule is CC(C)CN1CCC(NC(=O)N2CCc3[nH]c4ccc(F)cc4c3C2)CC1. The molecule has 27 heavy (non-hydrogen) atoms. The molecular formula is C21H29FN4O. The highest BCUT2D eigenvalue weighted by Crippen LogP contribution is 2.28. The predicted octanol–water partition coefficient (Wildman–Crippen LogP) is 3.50. The van der Waals surface area contributed by atoms with Crippen LogP contribution in [-0.2, 0) is 13.0 Å². The number of carbonyl (C=O) groups excluding carboxylic acids is 1. The first kappa shape index (κ1) is 18.3. The van der Waals surface area contributed by atoms with Crippen LogP contribution in [0.3, 0.4) is 0 Å². The summed E-state index contributed by atoms with van der Waals surface area (Å²) >= 11 is 0. The van der Waals surface area contributed by atoms with Crippen molar-refractivity contribution in [2.75, 3.05) is 26.2 Å². The Kier molecular flexibility index (Phi) is 5.08. The Morgan fingerprint density at radius 1 is 1.30 bits per heavy atom. The smallest absolute Gasteiger partial charge is 0.317 e. The minimum Gasteiger partial charge on any atom is -0.358 e.